The van der Waals surface area contributed by atoms with Crippen LogP contribution in [0.25, 0.3) is 0 Å². The molecule has 1 aromatic rings. The van der Waals surface area contributed by atoms with Crippen molar-refractivity contribution in [1.29, 1.82) is 0 Å². The molecule has 1 aromatic carbocycles. The Bertz CT molecular complexity index is 691. The molecule has 0 aliphatic carbocycles. The van der Waals surface area contributed by atoms with Crippen LogP contribution in [-0.2, 0) is 4.74 Å². The molecule has 1 aliphatic rings. The number of ether oxygens (including phenoxy) is 3. The molecule has 1 aliphatic heterocycles. The lowest BCUT2D eigenvalue weighted by atomic mass is 9.96. The second kappa shape index (κ2) is 9.17. The van der Waals surface area contributed by atoms with Crippen LogP contribution in [0.4, 0.5) is 4.79 Å². The molecular weight excluding hydrogens is 360 g/mol. The second-order valence-electron chi connectivity index (χ2n) is 8.17. The first-order valence-electron chi connectivity index (χ1n) is 9.60. The first kappa shape index (κ1) is 21.9. The number of likely N-dealkylation sites (tertiary alicyclic amines) is 1. The summed E-state index contributed by atoms with van der Waals surface area (Å²) in [4.78, 5) is 28.4. The van der Waals surface area contributed by atoms with E-state index in [1.165, 1.54) is 0 Å². The van der Waals surface area contributed by atoms with Gasteiger partial charge in [-0.2, -0.15) is 0 Å². The van der Waals surface area contributed by atoms with Crippen LogP contribution in [0.2, 0.25) is 0 Å². The zero-order valence-electron chi connectivity index (χ0n) is 17.8. The highest BCUT2D eigenvalue weighted by Gasteiger charge is 2.28. The quantitative estimate of drug-likeness (QED) is 0.768. The zero-order valence-corrected chi connectivity index (χ0v) is 17.8. The van der Waals surface area contributed by atoms with E-state index in [9.17, 15) is 9.59 Å². The number of piperidine rings is 1. The Morgan fingerprint density at radius 2 is 1.71 bits per heavy atom. The largest absolute Gasteiger partial charge is 0.493 e. The van der Waals surface area contributed by atoms with E-state index in [0.717, 1.165) is 12.8 Å². The summed E-state index contributed by atoms with van der Waals surface area (Å²) in [5.41, 5.74) is 0.0753. The van der Waals surface area contributed by atoms with Crippen LogP contribution in [0.1, 0.15) is 44.0 Å². The summed E-state index contributed by atoms with van der Waals surface area (Å²) in [7, 11) is 4.92. The Morgan fingerprint density at radius 1 is 1.11 bits per heavy atom. The van der Waals surface area contributed by atoms with Crippen molar-refractivity contribution in [3.05, 3.63) is 23.8 Å². The molecule has 28 heavy (non-hydrogen) atoms. The fraction of sp³-hybridized carbons (Fsp3) is 0.619. The molecule has 7 heteroatoms. The molecule has 0 radical (unpaired) electrons. The SMILES string of the molecule is COc1ccc(C(=O)N(C)CC2CCN(C(=O)OC(C)(C)C)CC2)cc1OC. The number of hydrogen-bond donors (Lipinski definition) is 0. The van der Waals surface area contributed by atoms with Crippen molar-refractivity contribution in [2.75, 3.05) is 40.9 Å². The normalized spacial score (nSPS) is 15.1. The van der Waals surface area contributed by atoms with Crippen molar-refractivity contribution in [3.63, 3.8) is 0 Å². The third-order valence-electron chi connectivity index (χ3n) is 4.78. The Kier molecular flexibility index (Phi) is 7.16. The van der Waals surface area contributed by atoms with Gasteiger partial charge in [-0.1, -0.05) is 0 Å². The number of methoxy groups -OCH3 is 2. The molecule has 1 heterocycles. The van der Waals surface area contributed by atoms with Gasteiger partial charge in [0.1, 0.15) is 5.60 Å². The van der Waals surface area contributed by atoms with E-state index in [-0.39, 0.29) is 12.0 Å². The number of nitrogens with zero attached hydrogens (tertiary/aromatic N) is 2. The zero-order chi connectivity index (χ0) is 20.9. The lowest BCUT2D eigenvalue weighted by Crippen LogP contribution is -2.44. The molecule has 0 unspecified atom stereocenters. The third-order valence-corrected chi connectivity index (χ3v) is 4.78. The van der Waals surface area contributed by atoms with Crippen LogP contribution in [-0.4, -0.2) is 68.3 Å². The average molecular weight is 392 g/mol. The van der Waals surface area contributed by atoms with Gasteiger partial charge in [-0.3, -0.25) is 4.79 Å². The van der Waals surface area contributed by atoms with Crippen LogP contribution < -0.4 is 9.47 Å². The Labute approximate surface area is 167 Å². The van der Waals surface area contributed by atoms with Crippen LogP contribution in [0.3, 0.4) is 0 Å². The Hall–Kier alpha value is -2.44. The third kappa shape index (κ3) is 5.78. The fourth-order valence-corrected chi connectivity index (χ4v) is 3.28. The van der Waals surface area contributed by atoms with E-state index in [0.29, 0.717) is 42.6 Å². The molecule has 0 bridgehead atoms. The highest BCUT2D eigenvalue weighted by atomic mass is 16.6. The summed E-state index contributed by atoms with van der Waals surface area (Å²) in [5, 5.41) is 0. The number of benzene rings is 1. The van der Waals surface area contributed by atoms with Gasteiger partial charge in [-0.25, -0.2) is 4.79 Å². The molecule has 0 aromatic heterocycles. The molecule has 7 nitrogen and oxygen atoms in total. The number of hydrogen-bond acceptors (Lipinski definition) is 5. The van der Waals surface area contributed by atoms with Crippen molar-refractivity contribution >= 4 is 12.0 Å². The molecule has 0 saturated carbocycles. The van der Waals surface area contributed by atoms with Crippen molar-refractivity contribution in [2.45, 2.75) is 39.2 Å². The number of carbonyl (C=O) groups excluding carboxylic acids is 2. The number of carbonyl (C=O) groups is 2. The lowest BCUT2D eigenvalue weighted by Gasteiger charge is -2.34. The van der Waals surface area contributed by atoms with Crippen LogP contribution in [0.15, 0.2) is 18.2 Å². The van der Waals surface area contributed by atoms with Gasteiger partial charge in [-0.05, 0) is 57.7 Å². The first-order chi connectivity index (χ1) is 13.1. The second-order valence-corrected chi connectivity index (χ2v) is 8.17. The molecule has 0 spiro atoms. The van der Waals surface area contributed by atoms with Gasteiger partial charge >= 0.3 is 6.09 Å². The number of rotatable bonds is 5. The Balaban J connectivity index is 1.89. The summed E-state index contributed by atoms with van der Waals surface area (Å²) < 4.78 is 15.9. The molecule has 1 saturated heterocycles. The minimum absolute atomic E-state index is 0.0597. The van der Waals surface area contributed by atoms with E-state index >= 15 is 0 Å². The van der Waals surface area contributed by atoms with Gasteiger partial charge in [0, 0.05) is 32.2 Å². The molecule has 0 atom stereocenters. The minimum atomic E-state index is -0.486. The molecule has 2 amide bonds. The average Bonchev–Trinajstić information content (AvgIpc) is 2.65. The van der Waals surface area contributed by atoms with Crippen molar-refractivity contribution in [1.82, 2.24) is 9.80 Å². The van der Waals surface area contributed by atoms with Crippen molar-refractivity contribution in [3.8, 4) is 11.5 Å². The maximum absolute atomic E-state index is 12.8. The van der Waals surface area contributed by atoms with E-state index in [4.69, 9.17) is 14.2 Å². The van der Waals surface area contributed by atoms with Gasteiger partial charge < -0.3 is 24.0 Å². The van der Waals surface area contributed by atoms with Gasteiger partial charge in [0.2, 0.25) is 0 Å². The Morgan fingerprint density at radius 3 is 2.25 bits per heavy atom. The maximum Gasteiger partial charge on any atom is 0.410 e. The molecule has 2 rings (SSSR count). The van der Waals surface area contributed by atoms with E-state index in [1.54, 1.807) is 49.3 Å². The summed E-state index contributed by atoms with van der Waals surface area (Å²) in [6, 6.07) is 5.17. The van der Waals surface area contributed by atoms with E-state index in [2.05, 4.69) is 0 Å². The molecule has 1 fully saturated rings. The van der Waals surface area contributed by atoms with E-state index < -0.39 is 5.60 Å². The van der Waals surface area contributed by atoms with Gasteiger partial charge in [0.25, 0.3) is 5.91 Å². The van der Waals surface area contributed by atoms with Crippen LogP contribution in [0.5, 0.6) is 11.5 Å². The molecule has 156 valence electrons. The molecular formula is C21H32N2O5. The minimum Gasteiger partial charge on any atom is -0.493 e. The van der Waals surface area contributed by atoms with Gasteiger partial charge in [0.15, 0.2) is 11.5 Å². The van der Waals surface area contributed by atoms with E-state index in [1.807, 2.05) is 20.8 Å². The fourth-order valence-electron chi connectivity index (χ4n) is 3.28. The van der Waals surface area contributed by atoms with Crippen LogP contribution >= 0.6 is 0 Å². The maximum atomic E-state index is 12.8. The first-order valence-corrected chi connectivity index (χ1v) is 9.60. The van der Waals surface area contributed by atoms with Gasteiger partial charge in [-0.15, -0.1) is 0 Å². The highest BCUT2D eigenvalue weighted by Crippen LogP contribution is 2.28. The predicted octanol–water partition coefficient (Wildman–Crippen LogP) is 3.42. The topological polar surface area (TPSA) is 68.3 Å². The predicted molar refractivity (Wildman–Crippen MR) is 107 cm³/mol. The lowest BCUT2D eigenvalue weighted by molar-refractivity contribution is 0.0171. The summed E-state index contributed by atoms with van der Waals surface area (Å²) in [5.74, 6) is 1.42. The van der Waals surface area contributed by atoms with Gasteiger partial charge in [0.05, 0.1) is 14.2 Å². The summed E-state index contributed by atoms with van der Waals surface area (Å²) in [6.07, 6.45) is 1.44. The smallest absolute Gasteiger partial charge is 0.410 e. The highest BCUT2D eigenvalue weighted by molar-refractivity contribution is 5.94. The standard InChI is InChI=1S/C21H32N2O5/c1-21(2,3)28-20(25)23-11-9-15(10-12-23)14-22(4)19(24)16-7-8-17(26-5)18(13-16)27-6/h7-8,13,15H,9-12,14H2,1-6H3. The van der Waals surface area contributed by atoms with Crippen molar-refractivity contribution in [2.24, 2.45) is 5.92 Å². The summed E-state index contributed by atoms with van der Waals surface area (Å²) in [6.45, 7) is 7.55. The number of amides is 2. The summed E-state index contributed by atoms with van der Waals surface area (Å²) >= 11 is 0. The van der Waals surface area contributed by atoms with Crippen molar-refractivity contribution < 1.29 is 23.8 Å². The van der Waals surface area contributed by atoms with Crippen LogP contribution in [0, 0.1) is 5.92 Å². The molecule has 0 N–H and O–H groups in total. The monoisotopic (exact) mass is 392 g/mol.